The lowest BCUT2D eigenvalue weighted by Gasteiger charge is -2.21. The van der Waals surface area contributed by atoms with E-state index in [1.807, 2.05) is 6.07 Å². The highest BCUT2D eigenvalue weighted by Crippen LogP contribution is 2.30. The van der Waals surface area contributed by atoms with E-state index in [1.165, 1.54) is 11.1 Å². The molecule has 0 atom stereocenters. The van der Waals surface area contributed by atoms with Crippen LogP contribution in [0.5, 0.6) is 0 Å². The second-order valence-electron chi connectivity index (χ2n) is 4.73. The molecule has 0 saturated heterocycles. The predicted molar refractivity (Wildman–Crippen MR) is 57.4 cm³/mol. The molecule has 1 heterocycles. The van der Waals surface area contributed by atoms with Gasteiger partial charge in [-0.1, -0.05) is 32.0 Å². The predicted octanol–water partition coefficient (Wildman–Crippen LogP) is 3.43. The van der Waals surface area contributed by atoms with Crippen LogP contribution in [0.15, 0.2) is 22.9 Å². The van der Waals surface area contributed by atoms with Crippen LogP contribution in [0.4, 0.5) is 0 Å². The Kier molecular flexibility index (Phi) is 1.88. The zero-order chi connectivity index (χ0) is 10.3. The highest BCUT2D eigenvalue weighted by atomic mass is 16.5. The fraction of sp³-hybridized carbons (Fsp3) is 0.417. The zero-order valence-corrected chi connectivity index (χ0v) is 9.09. The Morgan fingerprint density at radius 3 is 2.57 bits per heavy atom. The fourth-order valence-electron chi connectivity index (χ4n) is 1.89. The van der Waals surface area contributed by atoms with Gasteiger partial charge in [-0.3, -0.25) is 0 Å². The summed E-state index contributed by atoms with van der Waals surface area (Å²) in [7, 11) is 0. The molecule has 0 aliphatic carbocycles. The van der Waals surface area contributed by atoms with Gasteiger partial charge in [0.1, 0.15) is 0 Å². The molecule has 74 valence electrons. The lowest BCUT2D eigenvalue weighted by molar-refractivity contribution is 0.456. The normalized spacial score (nSPS) is 12.3. The number of fused-ring (bicyclic) bond motifs is 1. The van der Waals surface area contributed by atoms with Gasteiger partial charge in [0.05, 0.1) is 6.20 Å². The molecule has 0 unspecified atom stereocenters. The van der Waals surface area contributed by atoms with Gasteiger partial charge in [0.2, 0.25) is 0 Å². The smallest absolute Gasteiger partial charge is 0.167 e. The van der Waals surface area contributed by atoms with Crippen LogP contribution in [0.1, 0.15) is 31.9 Å². The maximum atomic E-state index is 5.12. The molecule has 14 heavy (non-hydrogen) atoms. The van der Waals surface area contributed by atoms with Gasteiger partial charge in [-0.25, -0.2) is 0 Å². The Balaban J connectivity index is 2.74. The molecule has 2 nitrogen and oxygen atoms in total. The summed E-state index contributed by atoms with van der Waals surface area (Å²) in [5.41, 5.74) is 3.68. The van der Waals surface area contributed by atoms with Gasteiger partial charge in [-0.15, -0.1) is 0 Å². The zero-order valence-electron chi connectivity index (χ0n) is 9.09. The van der Waals surface area contributed by atoms with E-state index in [-0.39, 0.29) is 5.41 Å². The largest absolute Gasteiger partial charge is 0.356 e. The first-order chi connectivity index (χ1) is 6.50. The van der Waals surface area contributed by atoms with Crippen LogP contribution in [0.3, 0.4) is 0 Å². The van der Waals surface area contributed by atoms with Crippen LogP contribution in [0, 0.1) is 6.92 Å². The Morgan fingerprint density at radius 2 is 1.93 bits per heavy atom. The summed E-state index contributed by atoms with van der Waals surface area (Å²) in [6.07, 6.45) is 1.79. The van der Waals surface area contributed by atoms with Gasteiger partial charge in [0, 0.05) is 5.39 Å². The Hall–Kier alpha value is -1.31. The molecule has 0 radical (unpaired) electrons. The molecule has 2 heteroatoms. The average molecular weight is 189 g/mol. The quantitative estimate of drug-likeness (QED) is 0.634. The fourth-order valence-corrected chi connectivity index (χ4v) is 1.89. The molecule has 0 amide bonds. The first kappa shape index (κ1) is 9.25. The Labute approximate surface area is 83.9 Å². The van der Waals surface area contributed by atoms with Gasteiger partial charge < -0.3 is 4.52 Å². The standard InChI is InChI=1S/C12H15NO/c1-8-9-7-13-14-11(9)6-5-10(8)12(2,3)4/h5-7H,1-4H3. The van der Waals surface area contributed by atoms with Gasteiger partial charge in [-0.2, -0.15) is 0 Å². The van der Waals surface area contributed by atoms with E-state index in [0.717, 1.165) is 11.0 Å². The van der Waals surface area contributed by atoms with Crippen molar-refractivity contribution in [2.45, 2.75) is 33.1 Å². The van der Waals surface area contributed by atoms with Gasteiger partial charge in [0.15, 0.2) is 5.58 Å². The van der Waals surface area contributed by atoms with E-state index in [2.05, 4.69) is 38.9 Å². The van der Waals surface area contributed by atoms with Crippen LogP contribution in [0.25, 0.3) is 11.0 Å². The molecule has 2 rings (SSSR count). The summed E-state index contributed by atoms with van der Waals surface area (Å²) in [5, 5.41) is 4.93. The van der Waals surface area contributed by atoms with E-state index in [4.69, 9.17) is 4.52 Å². The van der Waals surface area contributed by atoms with E-state index in [9.17, 15) is 0 Å². The van der Waals surface area contributed by atoms with Gasteiger partial charge in [-0.05, 0) is 29.5 Å². The summed E-state index contributed by atoms with van der Waals surface area (Å²) < 4.78 is 5.12. The molecular formula is C12H15NO. The molecule has 1 aromatic heterocycles. The average Bonchev–Trinajstić information content (AvgIpc) is 2.50. The van der Waals surface area contributed by atoms with Crippen molar-refractivity contribution in [2.24, 2.45) is 0 Å². The lowest BCUT2D eigenvalue weighted by atomic mass is 9.83. The minimum atomic E-state index is 0.176. The first-order valence-corrected chi connectivity index (χ1v) is 4.84. The number of rotatable bonds is 0. The van der Waals surface area contributed by atoms with Gasteiger partial charge in [0.25, 0.3) is 0 Å². The van der Waals surface area contributed by atoms with Crippen molar-refractivity contribution >= 4 is 11.0 Å². The first-order valence-electron chi connectivity index (χ1n) is 4.84. The second kappa shape index (κ2) is 2.84. The molecule has 0 N–H and O–H groups in total. The topological polar surface area (TPSA) is 26.0 Å². The van der Waals surface area contributed by atoms with Crippen molar-refractivity contribution < 1.29 is 4.52 Å². The summed E-state index contributed by atoms with van der Waals surface area (Å²) in [4.78, 5) is 0. The van der Waals surface area contributed by atoms with E-state index >= 15 is 0 Å². The number of nitrogens with zero attached hydrogens (tertiary/aromatic N) is 1. The van der Waals surface area contributed by atoms with E-state index in [0.29, 0.717) is 0 Å². The third-order valence-electron chi connectivity index (χ3n) is 2.62. The number of aryl methyl sites for hydroxylation is 1. The van der Waals surface area contributed by atoms with Gasteiger partial charge >= 0.3 is 0 Å². The Bertz CT molecular complexity index is 463. The van der Waals surface area contributed by atoms with E-state index in [1.54, 1.807) is 6.20 Å². The number of benzene rings is 1. The molecular weight excluding hydrogens is 174 g/mol. The van der Waals surface area contributed by atoms with Crippen LogP contribution in [-0.4, -0.2) is 5.16 Å². The van der Waals surface area contributed by atoms with Crippen molar-refractivity contribution in [1.29, 1.82) is 0 Å². The van der Waals surface area contributed by atoms with Crippen molar-refractivity contribution in [2.75, 3.05) is 0 Å². The molecule has 1 aromatic carbocycles. The highest BCUT2D eigenvalue weighted by molar-refractivity contribution is 5.81. The lowest BCUT2D eigenvalue weighted by Crippen LogP contribution is -2.12. The minimum Gasteiger partial charge on any atom is -0.356 e. The maximum absolute atomic E-state index is 5.12. The summed E-state index contributed by atoms with van der Waals surface area (Å²) in [6, 6.07) is 4.12. The number of hydrogen-bond donors (Lipinski definition) is 0. The molecule has 0 bridgehead atoms. The van der Waals surface area contributed by atoms with Crippen LogP contribution < -0.4 is 0 Å². The highest BCUT2D eigenvalue weighted by Gasteiger charge is 2.18. The van der Waals surface area contributed by atoms with Crippen molar-refractivity contribution in [3.05, 3.63) is 29.5 Å². The Morgan fingerprint density at radius 1 is 1.21 bits per heavy atom. The molecule has 0 aliphatic rings. The maximum Gasteiger partial charge on any atom is 0.167 e. The third-order valence-corrected chi connectivity index (χ3v) is 2.62. The second-order valence-corrected chi connectivity index (χ2v) is 4.73. The van der Waals surface area contributed by atoms with Crippen LogP contribution in [0.2, 0.25) is 0 Å². The molecule has 0 saturated carbocycles. The number of aromatic nitrogens is 1. The monoisotopic (exact) mass is 189 g/mol. The SMILES string of the molecule is Cc1c(C(C)(C)C)ccc2oncc12. The van der Waals surface area contributed by atoms with Crippen molar-refractivity contribution in [3.8, 4) is 0 Å². The molecule has 2 aromatic rings. The summed E-state index contributed by atoms with van der Waals surface area (Å²) in [6.45, 7) is 8.78. The molecule has 0 spiro atoms. The minimum absolute atomic E-state index is 0.176. The van der Waals surface area contributed by atoms with Crippen molar-refractivity contribution in [1.82, 2.24) is 5.16 Å². The summed E-state index contributed by atoms with van der Waals surface area (Å²) in [5.74, 6) is 0. The van der Waals surface area contributed by atoms with E-state index < -0.39 is 0 Å². The molecule has 0 aliphatic heterocycles. The number of hydrogen-bond acceptors (Lipinski definition) is 2. The van der Waals surface area contributed by atoms with Crippen LogP contribution in [-0.2, 0) is 5.41 Å². The van der Waals surface area contributed by atoms with Crippen molar-refractivity contribution in [3.63, 3.8) is 0 Å². The van der Waals surface area contributed by atoms with Crippen LogP contribution >= 0.6 is 0 Å². The molecule has 0 fully saturated rings. The summed E-state index contributed by atoms with van der Waals surface area (Å²) >= 11 is 0. The third kappa shape index (κ3) is 1.31.